The van der Waals surface area contributed by atoms with Crippen molar-refractivity contribution >= 4 is 6.21 Å². The summed E-state index contributed by atoms with van der Waals surface area (Å²) in [6, 6.07) is 6.92. The van der Waals surface area contributed by atoms with Gasteiger partial charge in [0, 0.05) is 12.3 Å². The summed E-state index contributed by atoms with van der Waals surface area (Å²) in [5.74, 6) is 0.647. The first-order valence-corrected chi connectivity index (χ1v) is 9.84. The van der Waals surface area contributed by atoms with Crippen LogP contribution in [0.25, 0.3) is 17.1 Å². The normalized spacial score (nSPS) is 15.7. The van der Waals surface area contributed by atoms with E-state index < -0.39 is 11.7 Å². The molecule has 1 fully saturated rings. The lowest BCUT2D eigenvalue weighted by atomic mass is 9.96. The molecule has 2 heterocycles. The summed E-state index contributed by atoms with van der Waals surface area (Å²) < 4.78 is 45.1. The number of nitrogens with one attached hydrogen (secondary N) is 1. The second-order valence-corrected chi connectivity index (χ2v) is 7.33. The van der Waals surface area contributed by atoms with Gasteiger partial charge in [-0.3, -0.25) is 4.99 Å². The van der Waals surface area contributed by atoms with Gasteiger partial charge < -0.3 is 9.72 Å². The third-order valence-corrected chi connectivity index (χ3v) is 5.25. The maximum absolute atomic E-state index is 12.7. The molecular formula is C21H22F3N5O. The van der Waals surface area contributed by atoms with Gasteiger partial charge in [-0.25, -0.2) is 4.68 Å². The number of H-pyrrole nitrogens is 1. The molecule has 0 radical (unpaired) electrons. The van der Waals surface area contributed by atoms with E-state index in [0.717, 1.165) is 30.7 Å². The molecule has 1 aliphatic carbocycles. The molecule has 3 aromatic rings. The number of hydrogen-bond acceptors (Lipinski definition) is 4. The highest BCUT2D eigenvalue weighted by Gasteiger charge is 2.30. The Bertz CT molecular complexity index is 1010. The first-order valence-electron chi connectivity index (χ1n) is 9.84. The molecule has 0 amide bonds. The van der Waals surface area contributed by atoms with Crippen LogP contribution < -0.4 is 4.74 Å². The number of hydrogen-bond donors (Lipinski definition) is 1. The third-order valence-electron chi connectivity index (χ3n) is 5.25. The van der Waals surface area contributed by atoms with E-state index in [-0.39, 0.29) is 0 Å². The van der Waals surface area contributed by atoms with E-state index in [9.17, 15) is 13.2 Å². The van der Waals surface area contributed by atoms with Crippen molar-refractivity contribution in [2.45, 2.75) is 44.3 Å². The molecule has 9 heteroatoms. The highest BCUT2D eigenvalue weighted by Crippen LogP contribution is 2.30. The maximum Gasteiger partial charge on any atom is 0.416 e. The fourth-order valence-electron chi connectivity index (χ4n) is 3.58. The summed E-state index contributed by atoms with van der Waals surface area (Å²) in [7, 11) is 1.59. The van der Waals surface area contributed by atoms with Crippen molar-refractivity contribution < 1.29 is 17.9 Å². The summed E-state index contributed by atoms with van der Waals surface area (Å²) in [5, 5.41) is 8.16. The van der Waals surface area contributed by atoms with E-state index in [1.54, 1.807) is 19.5 Å². The van der Waals surface area contributed by atoms with Crippen molar-refractivity contribution in [2.24, 2.45) is 4.99 Å². The minimum atomic E-state index is -4.37. The molecule has 6 nitrogen and oxygen atoms in total. The Morgan fingerprint density at radius 2 is 1.90 bits per heavy atom. The van der Waals surface area contributed by atoms with Gasteiger partial charge in [-0.15, -0.1) is 5.10 Å². The van der Waals surface area contributed by atoms with Crippen LogP contribution in [-0.2, 0) is 6.18 Å². The molecule has 30 heavy (non-hydrogen) atoms. The lowest BCUT2D eigenvalue weighted by Gasteiger charge is -2.16. The molecule has 0 spiro atoms. The minimum Gasteiger partial charge on any atom is -0.494 e. The van der Waals surface area contributed by atoms with Crippen LogP contribution in [0.2, 0.25) is 0 Å². The number of nitrogens with zero attached hydrogens (tertiary/aromatic N) is 4. The smallest absolute Gasteiger partial charge is 0.416 e. The zero-order valence-electron chi connectivity index (χ0n) is 16.5. The van der Waals surface area contributed by atoms with Gasteiger partial charge >= 0.3 is 6.18 Å². The zero-order valence-corrected chi connectivity index (χ0v) is 16.5. The van der Waals surface area contributed by atoms with Crippen LogP contribution in [0.5, 0.6) is 5.75 Å². The maximum atomic E-state index is 12.7. The molecule has 158 valence electrons. The van der Waals surface area contributed by atoms with Crippen LogP contribution in [0.3, 0.4) is 0 Å². The van der Waals surface area contributed by atoms with Crippen LogP contribution in [0.1, 0.15) is 43.4 Å². The van der Waals surface area contributed by atoms with Crippen LogP contribution in [-0.4, -0.2) is 39.3 Å². The topological polar surface area (TPSA) is 68.1 Å². The molecule has 0 atom stereocenters. The monoisotopic (exact) mass is 417 g/mol. The number of methoxy groups -OCH3 is 1. The quantitative estimate of drug-likeness (QED) is 0.592. The van der Waals surface area contributed by atoms with Gasteiger partial charge in [0.2, 0.25) is 0 Å². The number of alkyl halides is 3. The lowest BCUT2D eigenvalue weighted by molar-refractivity contribution is -0.137. The molecule has 1 aliphatic rings. The van der Waals surface area contributed by atoms with Crippen molar-refractivity contribution in [1.29, 1.82) is 0 Å². The fourth-order valence-corrected chi connectivity index (χ4v) is 3.58. The van der Waals surface area contributed by atoms with E-state index in [0.29, 0.717) is 28.9 Å². The molecule has 0 unspecified atom stereocenters. The number of rotatable bonds is 5. The Balaban J connectivity index is 1.54. The summed E-state index contributed by atoms with van der Waals surface area (Å²) in [6.45, 7) is 0. The number of ether oxygens (including phenoxy) is 1. The summed E-state index contributed by atoms with van der Waals surface area (Å²) in [5.41, 5.74) is 1.77. The van der Waals surface area contributed by atoms with E-state index in [4.69, 9.17) is 4.74 Å². The Kier molecular flexibility index (Phi) is 5.61. The van der Waals surface area contributed by atoms with E-state index in [1.165, 1.54) is 36.1 Å². The molecule has 4 rings (SSSR count). The molecule has 0 aliphatic heterocycles. The van der Waals surface area contributed by atoms with Gasteiger partial charge in [0.1, 0.15) is 11.4 Å². The summed E-state index contributed by atoms with van der Waals surface area (Å²) in [4.78, 5) is 7.92. The zero-order chi connectivity index (χ0) is 21.1. The molecular weight excluding hydrogens is 395 g/mol. The SMILES string of the molecule is COc1cc(-c2cn(-c3ccc(C(F)(F)F)cc3)nn2)[nH]c1C=NC1CCCCC1. The molecule has 1 saturated carbocycles. The average Bonchev–Trinajstić information content (AvgIpc) is 3.39. The molecule has 0 saturated heterocycles. The van der Waals surface area contributed by atoms with Gasteiger partial charge in [0.25, 0.3) is 0 Å². The second kappa shape index (κ2) is 8.33. The van der Waals surface area contributed by atoms with Gasteiger partial charge in [-0.2, -0.15) is 13.2 Å². The van der Waals surface area contributed by atoms with Crippen molar-refractivity contribution in [3.05, 3.63) is 47.8 Å². The second-order valence-electron chi connectivity index (χ2n) is 7.33. The standard InChI is InChI=1S/C21H22F3N5O/c1-30-20-11-17(26-18(20)12-25-15-5-3-2-4-6-15)19-13-29(28-27-19)16-9-7-14(8-10-16)21(22,23)24/h7-13,15,26H,2-6H2,1H3. The van der Waals surface area contributed by atoms with E-state index in [2.05, 4.69) is 20.3 Å². The van der Waals surface area contributed by atoms with E-state index >= 15 is 0 Å². The van der Waals surface area contributed by atoms with Crippen LogP contribution in [0.4, 0.5) is 13.2 Å². The van der Waals surface area contributed by atoms with Crippen LogP contribution >= 0.6 is 0 Å². The van der Waals surface area contributed by atoms with Crippen LogP contribution in [0.15, 0.2) is 41.5 Å². The van der Waals surface area contributed by atoms with Crippen molar-refractivity contribution in [3.63, 3.8) is 0 Å². The predicted octanol–water partition coefficient (Wildman–Crippen LogP) is 5.04. The highest BCUT2D eigenvalue weighted by atomic mass is 19.4. The Labute approximate surface area is 171 Å². The highest BCUT2D eigenvalue weighted by molar-refractivity contribution is 5.83. The van der Waals surface area contributed by atoms with Gasteiger partial charge in [0.05, 0.1) is 42.0 Å². The average molecular weight is 417 g/mol. The molecule has 0 bridgehead atoms. The van der Waals surface area contributed by atoms with Crippen molar-refractivity contribution in [1.82, 2.24) is 20.0 Å². The number of halogens is 3. The lowest BCUT2D eigenvalue weighted by Crippen LogP contribution is -2.09. The Morgan fingerprint density at radius 3 is 2.57 bits per heavy atom. The molecule has 1 N–H and O–H groups in total. The van der Waals surface area contributed by atoms with E-state index in [1.807, 2.05) is 6.07 Å². The van der Waals surface area contributed by atoms with Gasteiger partial charge in [0.15, 0.2) is 0 Å². The third kappa shape index (κ3) is 4.39. The number of aromatic nitrogens is 4. The summed E-state index contributed by atoms with van der Waals surface area (Å²) in [6.07, 6.45) is 4.99. The molecule has 2 aromatic heterocycles. The fraction of sp³-hybridized carbons (Fsp3) is 0.381. The first-order chi connectivity index (χ1) is 14.4. The number of benzene rings is 1. The minimum absolute atomic E-state index is 0.343. The van der Waals surface area contributed by atoms with Crippen molar-refractivity contribution in [3.8, 4) is 22.8 Å². The molecule has 1 aromatic carbocycles. The van der Waals surface area contributed by atoms with Gasteiger partial charge in [-0.05, 0) is 37.1 Å². The Morgan fingerprint density at radius 1 is 1.17 bits per heavy atom. The van der Waals surface area contributed by atoms with Crippen molar-refractivity contribution in [2.75, 3.05) is 7.11 Å². The Hall–Kier alpha value is -3.10. The largest absolute Gasteiger partial charge is 0.494 e. The van der Waals surface area contributed by atoms with Gasteiger partial charge in [-0.1, -0.05) is 24.5 Å². The number of aliphatic imine (C=N–C) groups is 1. The first kappa shape index (κ1) is 20.2. The van der Waals surface area contributed by atoms with Crippen LogP contribution in [0, 0.1) is 0 Å². The number of aromatic amines is 1. The summed E-state index contributed by atoms with van der Waals surface area (Å²) >= 11 is 0. The predicted molar refractivity (Wildman–Crippen MR) is 107 cm³/mol.